The molecule has 0 spiro atoms. The van der Waals surface area contributed by atoms with Gasteiger partial charge in [0, 0.05) is 22.0 Å². The smallest absolute Gasteiger partial charge is 0.338 e. The van der Waals surface area contributed by atoms with Crippen molar-refractivity contribution in [3.63, 3.8) is 0 Å². The summed E-state index contributed by atoms with van der Waals surface area (Å²) in [5.41, 5.74) is 1.54. The lowest BCUT2D eigenvalue weighted by Crippen LogP contribution is -2.14. The second-order valence-electron chi connectivity index (χ2n) is 6.39. The van der Waals surface area contributed by atoms with Gasteiger partial charge in [-0.15, -0.1) is 0 Å². The number of nitrogens with one attached hydrogen (secondary N) is 2. The summed E-state index contributed by atoms with van der Waals surface area (Å²) in [6.45, 7) is 2.00. The number of benzene rings is 3. The van der Waals surface area contributed by atoms with Crippen LogP contribution in [0, 0.1) is 0 Å². The van der Waals surface area contributed by atoms with Crippen molar-refractivity contribution in [3.05, 3.63) is 88.9 Å². The molecule has 3 aromatic rings. The normalized spacial score (nSPS) is 10.9. The molecule has 0 bridgehead atoms. The van der Waals surface area contributed by atoms with Crippen LogP contribution in [0.3, 0.4) is 0 Å². The third-order valence-corrected chi connectivity index (χ3v) is 5.83. The van der Waals surface area contributed by atoms with Crippen molar-refractivity contribution >= 4 is 44.9 Å². The minimum Gasteiger partial charge on any atom is -0.462 e. The molecule has 0 radical (unpaired) electrons. The molecule has 0 heterocycles. The Morgan fingerprint density at radius 3 is 1.97 bits per heavy atom. The first-order chi connectivity index (χ1) is 14.8. The fourth-order valence-electron chi connectivity index (χ4n) is 2.62. The molecule has 9 heteroatoms. The van der Waals surface area contributed by atoms with Gasteiger partial charge in [0.25, 0.3) is 15.9 Å². The van der Waals surface area contributed by atoms with Crippen molar-refractivity contribution in [1.29, 1.82) is 0 Å². The summed E-state index contributed by atoms with van der Waals surface area (Å²) in [6, 6.07) is 18.1. The molecule has 0 saturated heterocycles. The fourth-order valence-corrected chi connectivity index (χ4v) is 3.81. The number of halogens is 1. The average molecular weight is 459 g/mol. The van der Waals surface area contributed by atoms with Crippen molar-refractivity contribution in [1.82, 2.24) is 0 Å². The first-order valence-electron chi connectivity index (χ1n) is 9.25. The van der Waals surface area contributed by atoms with E-state index in [4.69, 9.17) is 16.3 Å². The fraction of sp³-hybridized carbons (Fsp3) is 0.0909. The largest absolute Gasteiger partial charge is 0.462 e. The summed E-state index contributed by atoms with van der Waals surface area (Å²) in [7, 11) is -3.77. The predicted molar refractivity (Wildman–Crippen MR) is 119 cm³/mol. The van der Waals surface area contributed by atoms with Gasteiger partial charge in [-0.25, -0.2) is 13.2 Å². The van der Waals surface area contributed by atoms with Gasteiger partial charge in [-0.3, -0.25) is 9.52 Å². The van der Waals surface area contributed by atoms with E-state index in [-0.39, 0.29) is 17.4 Å². The van der Waals surface area contributed by atoms with E-state index in [9.17, 15) is 18.0 Å². The number of ether oxygens (including phenoxy) is 1. The van der Waals surface area contributed by atoms with Gasteiger partial charge in [-0.05, 0) is 79.7 Å². The van der Waals surface area contributed by atoms with E-state index in [1.165, 1.54) is 48.5 Å². The van der Waals surface area contributed by atoms with Crippen molar-refractivity contribution < 1.29 is 22.7 Å². The van der Waals surface area contributed by atoms with Crippen molar-refractivity contribution in [2.24, 2.45) is 0 Å². The highest BCUT2D eigenvalue weighted by Gasteiger charge is 2.15. The van der Waals surface area contributed by atoms with Crippen molar-refractivity contribution in [2.45, 2.75) is 11.8 Å². The Balaban J connectivity index is 1.65. The number of carbonyl (C=O) groups excluding carboxylic acids is 2. The number of carbonyl (C=O) groups is 2. The average Bonchev–Trinajstić information content (AvgIpc) is 2.75. The quantitative estimate of drug-likeness (QED) is 0.505. The van der Waals surface area contributed by atoms with Crippen LogP contribution >= 0.6 is 11.6 Å². The maximum atomic E-state index is 12.4. The molecule has 1 amide bonds. The molecule has 0 aliphatic heterocycles. The van der Waals surface area contributed by atoms with Crippen LogP contribution in [0.15, 0.2) is 77.7 Å². The van der Waals surface area contributed by atoms with Crippen LogP contribution in [-0.2, 0) is 14.8 Å². The maximum Gasteiger partial charge on any atom is 0.338 e. The van der Waals surface area contributed by atoms with Crippen LogP contribution in [0.1, 0.15) is 27.6 Å². The van der Waals surface area contributed by atoms with Crippen LogP contribution in [-0.4, -0.2) is 26.9 Å². The lowest BCUT2D eigenvalue weighted by atomic mass is 10.1. The zero-order chi connectivity index (χ0) is 22.4. The van der Waals surface area contributed by atoms with Crippen LogP contribution in [0.5, 0.6) is 0 Å². The Morgan fingerprint density at radius 1 is 0.839 bits per heavy atom. The first-order valence-corrected chi connectivity index (χ1v) is 11.1. The van der Waals surface area contributed by atoms with Gasteiger partial charge >= 0.3 is 5.97 Å². The highest BCUT2D eigenvalue weighted by atomic mass is 35.5. The molecule has 3 rings (SSSR count). The SMILES string of the molecule is CCOC(=O)c1ccc(NC(=O)c2ccc(NS(=O)(=O)c3ccc(Cl)cc3)cc2)cc1. The van der Waals surface area contributed by atoms with E-state index in [1.54, 1.807) is 31.2 Å². The summed E-state index contributed by atoms with van der Waals surface area (Å²) in [4.78, 5) is 24.2. The van der Waals surface area contributed by atoms with Crippen molar-refractivity contribution in [3.8, 4) is 0 Å². The summed E-state index contributed by atoms with van der Waals surface area (Å²) < 4.78 is 32.2. The Hall–Kier alpha value is -3.36. The number of sulfonamides is 1. The van der Waals surface area contributed by atoms with Gasteiger partial charge in [0.05, 0.1) is 17.1 Å². The molecule has 0 aliphatic rings. The van der Waals surface area contributed by atoms with Crippen LogP contribution < -0.4 is 10.0 Å². The zero-order valence-corrected chi connectivity index (χ0v) is 18.0. The molecule has 0 atom stereocenters. The van der Waals surface area contributed by atoms with Crippen LogP contribution in [0.2, 0.25) is 5.02 Å². The molecule has 2 N–H and O–H groups in total. The van der Waals surface area contributed by atoms with Gasteiger partial charge in [-0.1, -0.05) is 11.6 Å². The lowest BCUT2D eigenvalue weighted by Gasteiger charge is -2.10. The Kier molecular flexibility index (Phi) is 6.94. The molecule has 0 aliphatic carbocycles. The van der Waals surface area contributed by atoms with E-state index < -0.39 is 16.0 Å². The number of rotatable bonds is 7. The molecule has 0 aromatic heterocycles. The van der Waals surface area contributed by atoms with Gasteiger partial charge < -0.3 is 10.1 Å². The minimum atomic E-state index is -3.77. The number of anilines is 2. The molecular weight excluding hydrogens is 440 g/mol. The standard InChI is InChI=1S/C22H19ClN2O5S/c1-2-30-22(27)16-5-9-18(10-6-16)24-21(26)15-3-11-19(12-4-15)25-31(28,29)20-13-7-17(23)8-14-20/h3-14,25H,2H2,1H3,(H,24,26). The van der Waals surface area contributed by atoms with Gasteiger partial charge in [0.15, 0.2) is 0 Å². The molecule has 160 valence electrons. The number of esters is 1. The summed E-state index contributed by atoms with van der Waals surface area (Å²) in [5.74, 6) is -0.812. The van der Waals surface area contributed by atoms with Gasteiger partial charge in [0.1, 0.15) is 0 Å². The monoisotopic (exact) mass is 458 g/mol. The Labute approximate surface area is 185 Å². The Bertz CT molecular complexity index is 1180. The molecule has 0 saturated carbocycles. The zero-order valence-electron chi connectivity index (χ0n) is 16.5. The van der Waals surface area contributed by atoms with Gasteiger partial charge in [0.2, 0.25) is 0 Å². The summed E-state index contributed by atoms with van der Waals surface area (Å²) in [5, 5.41) is 3.15. The maximum absolute atomic E-state index is 12.4. The molecule has 3 aromatic carbocycles. The van der Waals surface area contributed by atoms with Crippen LogP contribution in [0.25, 0.3) is 0 Å². The van der Waals surface area contributed by atoms with E-state index in [0.717, 1.165) is 0 Å². The number of hydrogen-bond acceptors (Lipinski definition) is 5. The summed E-state index contributed by atoms with van der Waals surface area (Å²) >= 11 is 5.79. The topological polar surface area (TPSA) is 102 Å². The van der Waals surface area contributed by atoms with Crippen LogP contribution in [0.4, 0.5) is 11.4 Å². The molecule has 31 heavy (non-hydrogen) atoms. The second kappa shape index (κ2) is 9.63. The molecular formula is C22H19ClN2O5S. The third-order valence-electron chi connectivity index (χ3n) is 4.18. The van der Waals surface area contributed by atoms with E-state index >= 15 is 0 Å². The Morgan fingerprint density at radius 2 is 1.39 bits per heavy atom. The third kappa shape index (κ3) is 5.84. The highest BCUT2D eigenvalue weighted by molar-refractivity contribution is 7.92. The van der Waals surface area contributed by atoms with E-state index in [1.807, 2.05) is 0 Å². The first kappa shape index (κ1) is 22.3. The van der Waals surface area contributed by atoms with Crippen molar-refractivity contribution in [2.75, 3.05) is 16.6 Å². The number of hydrogen-bond donors (Lipinski definition) is 2. The van der Waals surface area contributed by atoms with E-state index in [2.05, 4.69) is 10.0 Å². The minimum absolute atomic E-state index is 0.0741. The molecule has 0 fully saturated rings. The highest BCUT2D eigenvalue weighted by Crippen LogP contribution is 2.19. The summed E-state index contributed by atoms with van der Waals surface area (Å²) in [6.07, 6.45) is 0. The van der Waals surface area contributed by atoms with E-state index in [0.29, 0.717) is 27.5 Å². The second-order valence-corrected chi connectivity index (χ2v) is 8.51. The molecule has 7 nitrogen and oxygen atoms in total. The number of amides is 1. The lowest BCUT2D eigenvalue weighted by molar-refractivity contribution is 0.0526. The predicted octanol–water partition coefficient (Wildman–Crippen LogP) is 4.57. The molecule has 0 unspecified atom stereocenters. The van der Waals surface area contributed by atoms with Gasteiger partial charge in [-0.2, -0.15) is 0 Å².